The summed E-state index contributed by atoms with van der Waals surface area (Å²) in [7, 11) is 0. The largest absolute Gasteiger partial charge is 0.391 e. The van der Waals surface area contributed by atoms with E-state index in [9.17, 15) is 0 Å². The number of hydrogen-bond acceptors (Lipinski definition) is 4. The molecule has 4 heteroatoms. The van der Waals surface area contributed by atoms with Crippen LogP contribution in [0.2, 0.25) is 0 Å². The van der Waals surface area contributed by atoms with E-state index >= 15 is 0 Å². The normalized spacial score (nSPS) is 40.9. The third-order valence-corrected chi connectivity index (χ3v) is 12.8. The molecule has 1 aliphatic heterocycles. The lowest BCUT2D eigenvalue weighted by Crippen LogP contribution is -2.51. The lowest BCUT2D eigenvalue weighted by Gasteiger charge is -2.58. The highest BCUT2D eigenvalue weighted by molar-refractivity contribution is 5.85. The molecular weight excluding hydrogens is 530 g/mol. The first kappa shape index (κ1) is 31.1. The van der Waals surface area contributed by atoms with Gasteiger partial charge in [-0.1, -0.05) is 88.7 Å². The number of ether oxygens (including phenoxy) is 2. The Morgan fingerprint density at radius 2 is 1.81 bits per heavy atom. The van der Waals surface area contributed by atoms with Gasteiger partial charge in [0.1, 0.15) is 6.61 Å². The van der Waals surface area contributed by atoms with Crippen molar-refractivity contribution >= 4 is 5.71 Å². The lowest BCUT2D eigenvalue weighted by molar-refractivity contribution is -0.188. The van der Waals surface area contributed by atoms with Gasteiger partial charge in [0.2, 0.25) is 0 Å². The number of nitrogens with zero attached hydrogens (tertiary/aromatic N) is 1. The van der Waals surface area contributed by atoms with Crippen LogP contribution in [0.3, 0.4) is 0 Å². The summed E-state index contributed by atoms with van der Waals surface area (Å²) in [4.78, 5) is 5.95. The van der Waals surface area contributed by atoms with E-state index in [4.69, 9.17) is 19.5 Å². The van der Waals surface area contributed by atoms with E-state index in [1.54, 1.807) is 5.57 Å². The molecule has 1 aromatic carbocycles. The molecule has 0 aromatic heterocycles. The molecule has 0 spiro atoms. The Hall–Kier alpha value is -1.91. The smallest absolute Gasteiger partial charge is 0.177 e. The summed E-state index contributed by atoms with van der Waals surface area (Å²) in [5, 5.41) is 4.72. The molecule has 5 aliphatic rings. The molecular formula is C39H57NO3. The molecule has 0 amide bonds. The summed E-state index contributed by atoms with van der Waals surface area (Å²) in [6.45, 7) is 16.9. The Bertz CT molecular complexity index is 1220. The van der Waals surface area contributed by atoms with E-state index in [0.717, 1.165) is 37.0 Å². The fourth-order valence-corrected chi connectivity index (χ4v) is 10.2. The zero-order chi connectivity index (χ0) is 30.4. The van der Waals surface area contributed by atoms with Gasteiger partial charge in [0.25, 0.3) is 0 Å². The molecule has 0 bridgehead atoms. The van der Waals surface area contributed by atoms with E-state index in [1.165, 1.54) is 55.4 Å². The molecule has 4 unspecified atom stereocenters. The van der Waals surface area contributed by atoms with Gasteiger partial charge in [0.15, 0.2) is 6.29 Å². The van der Waals surface area contributed by atoms with Crippen LogP contribution in [-0.2, 0) is 20.9 Å². The third-order valence-electron chi connectivity index (χ3n) is 12.8. The number of fused-ring (bicyclic) bond motifs is 5. The van der Waals surface area contributed by atoms with Crippen LogP contribution in [0, 0.1) is 40.4 Å². The summed E-state index contributed by atoms with van der Waals surface area (Å²) >= 11 is 0. The fraction of sp³-hybridized carbons (Fsp3) is 0.718. The molecule has 0 radical (unpaired) electrons. The minimum atomic E-state index is -0.183. The molecule has 4 nitrogen and oxygen atoms in total. The zero-order valence-corrected chi connectivity index (χ0v) is 28.0. The molecule has 3 saturated carbocycles. The van der Waals surface area contributed by atoms with E-state index in [2.05, 4.69) is 91.0 Å². The van der Waals surface area contributed by atoms with Crippen LogP contribution in [0.4, 0.5) is 0 Å². The average molecular weight is 588 g/mol. The van der Waals surface area contributed by atoms with Gasteiger partial charge < -0.3 is 14.3 Å². The first-order chi connectivity index (χ1) is 20.6. The van der Waals surface area contributed by atoms with Crippen LogP contribution in [0.1, 0.15) is 123 Å². The van der Waals surface area contributed by atoms with Crippen LogP contribution in [0.5, 0.6) is 0 Å². The fourth-order valence-electron chi connectivity index (χ4n) is 10.2. The van der Waals surface area contributed by atoms with Gasteiger partial charge in [-0.05, 0) is 116 Å². The molecule has 3 fully saturated rings. The Kier molecular flexibility index (Phi) is 9.02. The van der Waals surface area contributed by atoms with Crippen LogP contribution in [-0.4, -0.2) is 24.2 Å². The first-order valence-corrected chi connectivity index (χ1v) is 17.6. The molecule has 4 aliphatic carbocycles. The standard InChI is InChI=1S/C39H57NO3/c1-8-36-26(4)9-18-37(43-36)42-31-19-21-38(6)30(23-31)14-15-32-34-17-16-33(39(34,7)22-20-35(32)38)27(5)40-41-24-28-10-12-29(13-11-28)25(2)3/h9-14,18,25-26,31-37H,8,15-17,19-24H2,1-7H3/b40-27+/t26-,31-,32?,33+,34?,35?,36+,37?,38-,39+/m0/s1. The van der Waals surface area contributed by atoms with Crippen molar-refractivity contribution in [3.8, 4) is 0 Å². The predicted molar refractivity (Wildman–Crippen MR) is 176 cm³/mol. The van der Waals surface area contributed by atoms with Crippen molar-refractivity contribution in [3.05, 3.63) is 59.2 Å². The van der Waals surface area contributed by atoms with Gasteiger partial charge in [-0.15, -0.1) is 0 Å². The van der Waals surface area contributed by atoms with Crippen LogP contribution in [0.25, 0.3) is 0 Å². The lowest BCUT2D eigenvalue weighted by atomic mass is 9.47. The van der Waals surface area contributed by atoms with E-state index in [0.29, 0.717) is 35.2 Å². The van der Waals surface area contributed by atoms with E-state index in [1.807, 2.05) is 0 Å². The number of allylic oxidation sites excluding steroid dienone is 1. The summed E-state index contributed by atoms with van der Waals surface area (Å²) in [5.74, 6) is 3.92. The average Bonchev–Trinajstić information content (AvgIpc) is 3.36. The molecule has 43 heavy (non-hydrogen) atoms. The van der Waals surface area contributed by atoms with Crippen molar-refractivity contribution in [2.24, 2.45) is 45.6 Å². The van der Waals surface area contributed by atoms with Gasteiger partial charge in [0.05, 0.1) is 17.9 Å². The minimum absolute atomic E-state index is 0.183. The molecule has 0 N–H and O–H groups in total. The van der Waals surface area contributed by atoms with Gasteiger partial charge in [-0.25, -0.2) is 0 Å². The minimum Gasteiger partial charge on any atom is -0.391 e. The van der Waals surface area contributed by atoms with Gasteiger partial charge >= 0.3 is 0 Å². The number of rotatable bonds is 8. The second-order valence-electron chi connectivity index (χ2n) is 15.5. The molecule has 236 valence electrons. The zero-order valence-electron chi connectivity index (χ0n) is 28.0. The summed E-state index contributed by atoms with van der Waals surface area (Å²) < 4.78 is 12.9. The van der Waals surface area contributed by atoms with Crippen molar-refractivity contribution in [1.82, 2.24) is 0 Å². The quantitative estimate of drug-likeness (QED) is 0.173. The maximum atomic E-state index is 6.57. The predicted octanol–water partition coefficient (Wildman–Crippen LogP) is 9.99. The van der Waals surface area contributed by atoms with Gasteiger partial charge in [-0.3, -0.25) is 0 Å². The highest BCUT2D eigenvalue weighted by Gasteiger charge is 2.59. The number of oxime groups is 1. The van der Waals surface area contributed by atoms with Crippen molar-refractivity contribution in [1.29, 1.82) is 0 Å². The Balaban J connectivity index is 1.08. The molecule has 6 rings (SSSR count). The summed E-state index contributed by atoms with van der Waals surface area (Å²) in [6.07, 6.45) is 18.4. The van der Waals surface area contributed by atoms with E-state index in [-0.39, 0.29) is 18.5 Å². The van der Waals surface area contributed by atoms with Crippen molar-refractivity contribution in [3.63, 3.8) is 0 Å². The molecule has 1 aromatic rings. The molecule has 0 saturated heterocycles. The second-order valence-corrected chi connectivity index (χ2v) is 15.5. The van der Waals surface area contributed by atoms with Crippen molar-refractivity contribution < 1.29 is 14.3 Å². The van der Waals surface area contributed by atoms with Gasteiger partial charge in [-0.2, -0.15) is 0 Å². The Morgan fingerprint density at radius 1 is 1.02 bits per heavy atom. The maximum Gasteiger partial charge on any atom is 0.177 e. The van der Waals surface area contributed by atoms with Crippen LogP contribution < -0.4 is 0 Å². The SMILES string of the molecule is CC[C@H]1OC(O[C@H]2CC[C@@]3(C)C(=CCC4C3CC[C@@]3(C)C4CC[C@@H]3/C(C)=N/OCc3ccc(C(C)C)cc3)C2)C=C[C@@H]1C. The van der Waals surface area contributed by atoms with Crippen molar-refractivity contribution in [2.75, 3.05) is 0 Å². The highest BCUT2D eigenvalue weighted by atomic mass is 16.7. The first-order valence-electron chi connectivity index (χ1n) is 17.6. The Labute approximate surface area is 261 Å². The van der Waals surface area contributed by atoms with Crippen LogP contribution in [0.15, 0.2) is 53.2 Å². The molecule has 10 atom stereocenters. The summed E-state index contributed by atoms with van der Waals surface area (Å²) in [5.41, 5.74) is 6.10. The van der Waals surface area contributed by atoms with E-state index < -0.39 is 0 Å². The Morgan fingerprint density at radius 3 is 2.56 bits per heavy atom. The third kappa shape index (κ3) is 5.92. The summed E-state index contributed by atoms with van der Waals surface area (Å²) in [6, 6.07) is 8.80. The second kappa shape index (κ2) is 12.5. The van der Waals surface area contributed by atoms with Gasteiger partial charge in [0, 0.05) is 11.8 Å². The topological polar surface area (TPSA) is 40.0 Å². The van der Waals surface area contributed by atoms with Crippen LogP contribution >= 0.6 is 0 Å². The monoisotopic (exact) mass is 587 g/mol. The highest BCUT2D eigenvalue weighted by Crippen LogP contribution is 2.66. The molecule has 1 heterocycles. The number of benzene rings is 1. The maximum absolute atomic E-state index is 6.57. The number of hydrogen-bond donors (Lipinski definition) is 0. The van der Waals surface area contributed by atoms with Crippen molar-refractivity contribution in [2.45, 2.75) is 137 Å².